The Hall–Kier alpha value is -0.850. The van der Waals surface area contributed by atoms with E-state index >= 15 is 0 Å². The SMILES string of the molecule is CO[C@H]1O[C@H](COCc2ccccc2)[C@@H](O)[C@H](OCc2ccccc2)[C@H]1CS(=O)(=O)[O-].[Na+]. The Bertz CT molecular complexity index is 897. The molecule has 0 radical (unpaired) electrons. The van der Waals surface area contributed by atoms with E-state index in [1.54, 1.807) is 0 Å². The van der Waals surface area contributed by atoms with Crippen LogP contribution in [0, 0.1) is 5.92 Å². The van der Waals surface area contributed by atoms with Crippen LogP contribution in [-0.2, 0) is 42.3 Å². The normalized spacial score (nSPS) is 25.8. The molecule has 0 spiro atoms. The van der Waals surface area contributed by atoms with E-state index in [2.05, 4.69) is 0 Å². The van der Waals surface area contributed by atoms with Crippen LogP contribution in [-0.4, -0.2) is 62.1 Å². The molecule has 1 aliphatic rings. The Balaban J connectivity index is 0.00000363. The Morgan fingerprint density at radius 1 is 1.00 bits per heavy atom. The summed E-state index contributed by atoms with van der Waals surface area (Å²) in [6.07, 6.45) is -4.07. The fourth-order valence-electron chi connectivity index (χ4n) is 3.61. The Labute approximate surface area is 210 Å². The number of aliphatic hydroxyl groups excluding tert-OH is 1. The molecule has 0 aromatic heterocycles. The summed E-state index contributed by atoms with van der Waals surface area (Å²) in [6.45, 7) is 0.489. The van der Waals surface area contributed by atoms with Crippen molar-refractivity contribution in [2.75, 3.05) is 19.5 Å². The van der Waals surface area contributed by atoms with Gasteiger partial charge >= 0.3 is 29.6 Å². The molecule has 0 bridgehead atoms. The minimum absolute atomic E-state index is 0. The molecular weight excluding hydrogens is 447 g/mol. The van der Waals surface area contributed by atoms with Gasteiger partial charge in [-0.1, -0.05) is 60.7 Å². The van der Waals surface area contributed by atoms with E-state index in [0.29, 0.717) is 6.61 Å². The van der Waals surface area contributed by atoms with E-state index in [4.69, 9.17) is 18.9 Å². The quantitative estimate of drug-likeness (QED) is 0.333. The van der Waals surface area contributed by atoms with Gasteiger partial charge in [-0.3, -0.25) is 0 Å². The number of ether oxygens (including phenoxy) is 4. The molecule has 170 valence electrons. The van der Waals surface area contributed by atoms with Gasteiger partial charge in [0.2, 0.25) is 0 Å². The average Bonchev–Trinajstić information content (AvgIpc) is 2.75. The zero-order valence-electron chi connectivity index (χ0n) is 18.2. The summed E-state index contributed by atoms with van der Waals surface area (Å²) in [4.78, 5) is 0. The van der Waals surface area contributed by atoms with Gasteiger partial charge in [-0.05, 0) is 11.1 Å². The Morgan fingerprint density at radius 3 is 2.09 bits per heavy atom. The number of benzene rings is 2. The molecule has 8 nitrogen and oxygen atoms in total. The molecular formula is C22H27NaO8S. The number of aliphatic hydroxyl groups is 1. The molecule has 1 fully saturated rings. The maximum Gasteiger partial charge on any atom is 1.00 e. The van der Waals surface area contributed by atoms with Crippen molar-refractivity contribution in [1.29, 1.82) is 0 Å². The molecule has 1 heterocycles. The Morgan fingerprint density at radius 2 is 1.56 bits per heavy atom. The van der Waals surface area contributed by atoms with Crippen molar-refractivity contribution >= 4 is 10.1 Å². The van der Waals surface area contributed by atoms with E-state index < -0.39 is 46.4 Å². The number of rotatable bonds is 10. The zero-order chi connectivity index (χ0) is 22.3. The smallest absolute Gasteiger partial charge is 0.748 e. The predicted octanol–water partition coefficient (Wildman–Crippen LogP) is -1.31. The second-order valence-electron chi connectivity index (χ2n) is 7.42. The molecule has 5 atom stereocenters. The zero-order valence-corrected chi connectivity index (χ0v) is 21.0. The van der Waals surface area contributed by atoms with Gasteiger partial charge in [-0.2, -0.15) is 0 Å². The maximum absolute atomic E-state index is 11.5. The predicted molar refractivity (Wildman–Crippen MR) is 111 cm³/mol. The standard InChI is InChI=1S/C22H28O8S.Na/c1-27-22-18(15-31(24,25)26)21(29-13-17-10-6-3-7-11-17)20(23)19(30-22)14-28-12-16-8-4-2-5-9-16;/h2-11,18-23H,12-15H2,1H3,(H,24,25,26);/q;+1/p-1/t18-,19-,20-,21-,22+;/m1./s1. The van der Waals surface area contributed by atoms with Gasteiger partial charge in [0.1, 0.15) is 12.2 Å². The van der Waals surface area contributed by atoms with Gasteiger partial charge in [0.05, 0.1) is 42.0 Å². The first-order chi connectivity index (χ1) is 14.9. The molecule has 1 aliphatic heterocycles. The van der Waals surface area contributed by atoms with E-state index in [1.807, 2.05) is 60.7 Å². The fourth-order valence-corrected chi connectivity index (χ4v) is 4.42. The van der Waals surface area contributed by atoms with Crippen LogP contribution >= 0.6 is 0 Å². The molecule has 1 N–H and O–H groups in total. The van der Waals surface area contributed by atoms with Gasteiger partial charge in [0.15, 0.2) is 6.29 Å². The van der Waals surface area contributed by atoms with Crippen LogP contribution in [0.25, 0.3) is 0 Å². The van der Waals surface area contributed by atoms with Crippen LogP contribution in [0.1, 0.15) is 11.1 Å². The molecule has 10 heteroatoms. The van der Waals surface area contributed by atoms with E-state index in [0.717, 1.165) is 11.1 Å². The number of hydrogen-bond acceptors (Lipinski definition) is 8. The average molecular weight is 475 g/mol. The number of methoxy groups -OCH3 is 1. The minimum Gasteiger partial charge on any atom is -0.748 e. The van der Waals surface area contributed by atoms with Gasteiger partial charge in [0, 0.05) is 12.9 Å². The van der Waals surface area contributed by atoms with Crippen molar-refractivity contribution in [3.05, 3.63) is 71.8 Å². The number of hydrogen-bond donors (Lipinski definition) is 1. The van der Waals surface area contributed by atoms with E-state index in [9.17, 15) is 18.1 Å². The summed E-state index contributed by atoms with van der Waals surface area (Å²) in [5, 5.41) is 10.9. The van der Waals surface area contributed by atoms with E-state index in [-0.39, 0.29) is 42.8 Å². The van der Waals surface area contributed by atoms with Crippen LogP contribution in [0.2, 0.25) is 0 Å². The van der Waals surface area contributed by atoms with Crippen LogP contribution in [0.5, 0.6) is 0 Å². The molecule has 3 rings (SSSR count). The third-order valence-electron chi connectivity index (χ3n) is 5.11. The monoisotopic (exact) mass is 474 g/mol. The molecule has 0 aliphatic carbocycles. The largest absolute Gasteiger partial charge is 1.00 e. The molecule has 0 unspecified atom stereocenters. The first-order valence-corrected chi connectivity index (χ1v) is 11.5. The van der Waals surface area contributed by atoms with Crippen LogP contribution in [0.4, 0.5) is 0 Å². The van der Waals surface area contributed by atoms with Crippen molar-refractivity contribution in [1.82, 2.24) is 0 Å². The van der Waals surface area contributed by atoms with Gasteiger partial charge in [-0.15, -0.1) is 0 Å². The molecule has 32 heavy (non-hydrogen) atoms. The third kappa shape index (κ3) is 8.18. The second kappa shape index (κ2) is 13.1. The van der Waals surface area contributed by atoms with Gasteiger partial charge in [0.25, 0.3) is 0 Å². The summed E-state index contributed by atoms with van der Waals surface area (Å²) in [6, 6.07) is 18.8. The van der Waals surface area contributed by atoms with Crippen LogP contribution < -0.4 is 29.6 Å². The second-order valence-corrected chi connectivity index (χ2v) is 8.87. The van der Waals surface area contributed by atoms with Crippen LogP contribution in [0.3, 0.4) is 0 Å². The molecule has 1 saturated heterocycles. The van der Waals surface area contributed by atoms with E-state index in [1.165, 1.54) is 7.11 Å². The first-order valence-electron chi connectivity index (χ1n) is 9.94. The molecule has 0 amide bonds. The Kier molecular flexibility index (Phi) is 11.3. The van der Waals surface area contributed by atoms with Crippen molar-refractivity contribution < 1.29 is 66.6 Å². The fraction of sp³-hybridized carbons (Fsp3) is 0.455. The summed E-state index contributed by atoms with van der Waals surface area (Å²) < 4.78 is 57.0. The van der Waals surface area contributed by atoms with Crippen molar-refractivity contribution in [3.8, 4) is 0 Å². The van der Waals surface area contributed by atoms with Crippen molar-refractivity contribution in [2.45, 2.75) is 37.8 Å². The van der Waals surface area contributed by atoms with Crippen molar-refractivity contribution in [3.63, 3.8) is 0 Å². The topological polar surface area (TPSA) is 114 Å². The van der Waals surface area contributed by atoms with Crippen LogP contribution in [0.15, 0.2) is 60.7 Å². The maximum atomic E-state index is 11.5. The minimum atomic E-state index is -4.61. The summed E-state index contributed by atoms with van der Waals surface area (Å²) in [5.74, 6) is -1.77. The van der Waals surface area contributed by atoms with Gasteiger partial charge in [-0.25, -0.2) is 8.42 Å². The van der Waals surface area contributed by atoms with Crippen molar-refractivity contribution in [2.24, 2.45) is 5.92 Å². The summed E-state index contributed by atoms with van der Waals surface area (Å²) in [7, 11) is -3.26. The first kappa shape index (κ1) is 27.4. The molecule has 2 aromatic carbocycles. The van der Waals surface area contributed by atoms with Gasteiger partial charge < -0.3 is 28.6 Å². The molecule has 2 aromatic rings. The summed E-state index contributed by atoms with van der Waals surface area (Å²) in [5.41, 5.74) is 1.80. The summed E-state index contributed by atoms with van der Waals surface area (Å²) >= 11 is 0. The third-order valence-corrected chi connectivity index (χ3v) is 5.90. The molecule has 0 saturated carbocycles.